The van der Waals surface area contributed by atoms with Gasteiger partial charge in [-0.05, 0) is 49.2 Å². The van der Waals surface area contributed by atoms with Gasteiger partial charge < -0.3 is 15.4 Å². The molecular formula is C21H25N3O5S. The SMILES string of the molecule is COc1ccc(S(=O)(=O)N2CCCCC2)cc1C(=O)Nc1cccc(NC(C)=O)c1. The van der Waals surface area contributed by atoms with Gasteiger partial charge in [-0.1, -0.05) is 12.5 Å². The van der Waals surface area contributed by atoms with Crippen molar-refractivity contribution in [2.24, 2.45) is 0 Å². The molecule has 0 aromatic heterocycles. The van der Waals surface area contributed by atoms with Crippen LogP contribution in [0.5, 0.6) is 5.75 Å². The number of benzene rings is 2. The summed E-state index contributed by atoms with van der Waals surface area (Å²) in [7, 11) is -2.27. The van der Waals surface area contributed by atoms with Gasteiger partial charge in [-0.15, -0.1) is 0 Å². The number of nitrogens with one attached hydrogen (secondary N) is 2. The number of sulfonamides is 1. The van der Waals surface area contributed by atoms with Crippen LogP contribution in [0.3, 0.4) is 0 Å². The molecule has 3 rings (SSSR count). The van der Waals surface area contributed by atoms with E-state index < -0.39 is 15.9 Å². The van der Waals surface area contributed by atoms with Crippen LogP contribution in [0.4, 0.5) is 11.4 Å². The lowest BCUT2D eigenvalue weighted by molar-refractivity contribution is -0.114. The third kappa shape index (κ3) is 4.98. The molecule has 1 saturated heterocycles. The third-order valence-electron chi connectivity index (χ3n) is 4.81. The molecule has 0 spiro atoms. The fraction of sp³-hybridized carbons (Fsp3) is 0.333. The van der Waals surface area contributed by atoms with Gasteiger partial charge in [0.25, 0.3) is 5.91 Å². The average molecular weight is 432 g/mol. The molecule has 2 aromatic carbocycles. The Kier molecular flexibility index (Phi) is 6.73. The van der Waals surface area contributed by atoms with Gasteiger partial charge in [0.15, 0.2) is 0 Å². The van der Waals surface area contributed by atoms with Gasteiger partial charge in [-0.2, -0.15) is 4.31 Å². The Morgan fingerprint density at radius 3 is 2.27 bits per heavy atom. The molecule has 30 heavy (non-hydrogen) atoms. The zero-order valence-electron chi connectivity index (χ0n) is 17.0. The number of rotatable bonds is 6. The number of nitrogens with zero attached hydrogens (tertiary/aromatic N) is 1. The van der Waals surface area contributed by atoms with E-state index in [9.17, 15) is 18.0 Å². The van der Waals surface area contributed by atoms with Gasteiger partial charge >= 0.3 is 0 Å². The van der Waals surface area contributed by atoms with Gasteiger partial charge in [0.2, 0.25) is 15.9 Å². The number of hydrogen-bond donors (Lipinski definition) is 2. The fourth-order valence-corrected chi connectivity index (χ4v) is 4.90. The van der Waals surface area contributed by atoms with Crippen LogP contribution < -0.4 is 15.4 Å². The van der Waals surface area contributed by atoms with Gasteiger partial charge in [-0.3, -0.25) is 9.59 Å². The highest BCUT2D eigenvalue weighted by molar-refractivity contribution is 7.89. The van der Waals surface area contributed by atoms with Crippen molar-refractivity contribution >= 4 is 33.2 Å². The second kappa shape index (κ2) is 9.27. The lowest BCUT2D eigenvalue weighted by Crippen LogP contribution is -2.35. The normalized spacial score (nSPS) is 14.7. The standard InChI is InChI=1S/C21H25N3O5S/c1-15(25)22-16-7-6-8-17(13-16)23-21(26)19-14-18(9-10-20(19)29-2)30(27,28)24-11-4-3-5-12-24/h6-10,13-14H,3-5,11-12H2,1-2H3,(H,22,25)(H,23,26). The minimum Gasteiger partial charge on any atom is -0.496 e. The molecule has 0 unspecified atom stereocenters. The molecule has 0 aliphatic carbocycles. The first-order valence-electron chi connectivity index (χ1n) is 9.68. The molecule has 0 atom stereocenters. The molecule has 9 heteroatoms. The Bertz CT molecular complexity index is 1050. The molecule has 160 valence electrons. The Labute approximate surface area is 176 Å². The molecule has 0 bridgehead atoms. The summed E-state index contributed by atoms with van der Waals surface area (Å²) in [6.07, 6.45) is 2.67. The first-order chi connectivity index (χ1) is 14.3. The van der Waals surface area contributed by atoms with Crippen molar-refractivity contribution in [3.8, 4) is 5.75 Å². The number of hydrogen-bond acceptors (Lipinski definition) is 5. The number of anilines is 2. The summed E-state index contributed by atoms with van der Waals surface area (Å²) in [6, 6.07) is 11.0. The van der Waals surface area contributed by atoms with Crippen LogP contribution >= 0.6 is 0 Å². The first kappa shape index (κ1) is 21.8. The summed E-state index contributed by atoms with van der Waals surface area (Å²) < 4.78 is 32.7. The Balaban J connectivity index is 1.88. The van der Waals surface area contributed by atoms with Crippen LogP contribution in [0.2, 0.25) is 0 Å². The van der Waals surface area contributed by atoms with Gasteiger partial charge in [0, 0.05) is 31.4 Å². The topological polar surface area (TPSA) is 105 Å². The van der Waals surface area contributed by atoms with Crippen molar-refractivity contribution in [3.63, 3.8) is 0 Å². The van der Waals surface area contributed by atoms with Gasteiger partial charge in [0.05, 0.1) is 17.6 Å². The van der Waals surface area contributed by atoms with E-state index in [-0.39, 0.29) is 22.1 Å². The van der Waals surface area contributed by atoms with E-state index in [1.54, 1.807) is 24.3 Å². The molecular weight excluding hydrogens is 406 g/mol. The van der Waals surface area contributed by atoms with E-state index in [1.807, 2.05) is 0 Å². The number of piperidine rings is 1. The van der Waals surface area contributed by atoms with Crippen LogP contribution in [0.1, 0.15) is 36.5 Å². The molecule has 1 aliphatic heterocycles. The maximum absolute atomic E-state index is 13.0. The van der Waals surface area contributed by atoms with Crippen LogP contribution in [-0.4, -0.2) is 44.7 Å². The number of carbonyl (C=O) groups excluding carboxylic acids is 2. The van der Waals surface area contributed by atoms with Crippen molar-refractivity contribution in [2.75, 3.05) is 30.8 Å². The molecule has 0 radical (unpaired) electrons. The largest absolute Gasteiger partial charge is 0.496 e. The summed E-state index contributed by atoms with van der Waals surface area (Å²) in [5.41, 5.74) is 1.10. The lowest BCUT2D eigenvalue weighted by atomic mass is 10.1. The molecule has 1 aliphatic rings. The first-order valence-corrected chi connectivity index (χ1v) is 11.1. The smallest absolute Gasteiger partial charge is 0.259 e. The van der Waals surface area contributed by atoms with Crippen LogP contribution in [0, 0.1) is 0 Å². The van der Waals surface area contributed by atoms with E-state index in [1.165, 1.54) is 36.5 Å². The molecule has 2 N–H and O–H groups in total. The van der Waals surface area contributed by atoms with E-state index >= 15 is 0 Å². The maximum atomic E-state index is 13.0. The Morgan fingerprint density at radius 2 is 1.63 bits per heavy atom. The fourth-order valence-electron chi connectivity index (χ4n) is 3.36. The number of ether oxygens (including phenoxy) is 1. The Morgan fingerprint density at radius 1 is 0.967 bits per heavy atom. The van der Waals surface area contributed by atoms with Crippen molar-refractivity contribution in [1.29, 1.82) is 0 Å². The average Bonchev–Trinajstić information content (AvgIpc) is 2.73. The number of amides is 2. The molecule has 2 amide bonds. The number of methoxy groups -OCH3 is 1. The van der Waals surface area contributed by atoms with E-state index in [0.717, 1.165) is 19.3 Å². The van der Waals surface area contributed by atoms with Gasteiger partial charge in [0.1, 0.15) is 5.75 Å². The van der Waals surface area contributed by atoms with Crippen molar-refractivity contribution in [3.05, 3.63) is 48.0 Å². The zero-order chi connectivity index (χ0) is 21.7. The van der Waals surface area contributed by atoms with Gasteiger partial charge in [-0.25, -0.2) is 8.42 Å². The predicted molar refractivity (Wildman–Crippen MR) is 114 cm³/mol. The summed E-state index contributed by atoms with van der Waals surface area (Å²) in [5.74, 6) is -0.471. The summed E-state index contributed by atoms with van der Waals surface area (Å²) >= 11 is 0. The predicted octanol–water partition coefficient (Wildman–Crippen LogP) is 3.08. The summed E-state index contributed by atoms with van der Waals surface area (Å²) in [5, 5.41) is 5.37. The second-order valence-corrected chi connectivity index (χ2v) is 8.98. The second-order valence-electron chi connectivity index (χ2n) is 7.04. The zero-order valence-corrected chi connectivity index (χ0v) is 17.8. The highest BCUT2D eigenvalue weighted by Crippen LogP contribution is 2.27. The van der Waals surface area contributed by atoms with Crippen molar-refractivity contribution in [2.45, 2.75) is 31.1 Å². The minimum atomic E-state index is -3.69. The third-order valence-corrected chi connectivity index (χ3v) is 6.70. The summed E-state index contributed by atoms with van der Waals surface area (Å²) in [4.78, 5) is 24.2. The van der Waals surface area contributed by atoms with E-state index in [0.29, 0.717) is 24.5 Å². The van der Waals surface area contributed by atoms with Crippen molar-refractivity contribution in [1.82, 2.24) is 4.31 Å². The molecule has 1 heterocycles. The molecule has 1 fully saturated rings. The monoisotopic (exact) mass is 431 g/mol. The highest BCUT2D eigenvalue weighted by atomic mass is 32.2. The van der Waals surface area contributed by atoms with Crippen LogP contribution in [-0.2, 0) is 14.8 Å². The van der Waals surface area contributed by atoms with E-state index in [2.05, 4.69) is 10.6 Å². The van der Waals surface area contributed by atoms with Crippen LogP contribution in [0.25, 0.3) is 0 Å². The molecule has 2 aromatic rings. The minimum absolute atomic E-state index is 0.0577. The van der Waals surface area contributed by atoms with E-state index in [4.69, 9.17) is 4.74 Å². The number of carbonyl (C=O) groups is 2. The maximum Gasteiger partial charge on any atom is 0.259 e. The van der Waals surface area contributed by atoms with Crippen molar-refractivity contribution < 1.29 is 22.7 Å². The molecule has 8 nitrogen and oxygen atoms in total. The quantitative estimate of drug-likeness (QED) is 0.731. The summed E-state index contributed by atoms with van der Waals surface area (Å²) in [6.45, 7) is 2.35. The van der Waals surface area contributed by atoms with Crippen LogP contribution in [0.15, 0.2) is 47.4 Å². The Hall–Kier alpha value is -2.91. The highest BCUT2D eigenvalue weighted by Gasteiger charge is 2.27. The lowest BCUT2D eigenvalue weighted by Gasteiger charge is -2.26. The molecule has 0 saturated carbocycles.